The molecule has 0 amide bonds. The van der Waals surface area contributed by atoms with E-state index in [1.165, 1.54) is 14.0 Å². The van der Waals surface area contributed by atoms with Crippen LogP contribution in [0.25, 0.3) is 12.2 Å². The van der Waals surface area contributed by atoms with Crippen molar-refractivity contribution in [2.75, 3.05) is 7.11 Å². The summed E-state index contributed by atoms with van der Waals surface area (Å²) in [7, 11) is 1.32. The van der Waals surface area contributed by atoms with Crippen LogP contribution in [0.1, 0.15) is 30.9 Å². The van der Waals surface area contributed by atoms with Gasteiger partial charge in [0.05, 0.1) is 7.11 Å². The second-order valence-corrected chi connectivity index (χ2v) is 6.16. The molecule has 0 aromatic heterocycles. The number of rotatable bonds is 8. The Kier molecular flexibility index (Phi) is 7.10. The number of esters is 1. The molecule has 2 aromatic rings. The summed E-state index contributed by atoms with van der Waals surface area (Å²) < 4.78 is 4.96. The van der Waals surface area contributed by atoms with Gasteiger partial charge >= 0.3 is 5.97 Å². The molecule has 0 heterocycles. The van der Waals surface area contributed by atoms with Gasteiger partial charge in [-0.15, -0.1) is 0 Å². The predicted molar refractivity (Wildman–Crippen MR) is 105 cm³/mol. The van der Waals surface area contributed by atoms with Crippen LogP contribution >= 0.6 is 0 Å². The molecular weight excluding hydrogens is 324 g/mol. The maximum absolute atomic E-state index is 12.4. The van der Waals surface area contributed by atoms with E-state index in [2.05, 4.69) is 0 Å². The van der Waals surface area contributed by atoms with Crippen LogP contribution in [0, 0.1) is 5.41 Å². The van der Waals surface area contributed by atoms with E-state index in [9.17, 15) is 9.59 Å². The van der Waals surface area contributed by atoms with Gasteiger partial charge in [-0.2, -0.15) is 0 Å². The quantitative estimate of drug-likeness (QED) is 0.501. The second-order valence-electron chi connectivity index (χ2n) is 6.16. The summed E-state index contributed by atoms with van der Waals surface area (Å²) in [5, 5.41) is 0. The molecule has 0 atom stereocenters. The predicted octanol–water partition coefficient (Wildman–Crippen LogP) is 4.94. The van der Waals surface area contributed by atoms with Gasteiger partial charge in [0.25, 0.3) is 0 Å². The summed E-state index contributed by atoms with van der Waals surface area (Å²) in [6.07, 6.45) is 8.16. The molecular formula is C23H24O3. The minimum absolute atomic E-state index is 0.195. The number of carbonyl (C=O) groups excluding carboxylic acids is 2. The van der Waals surface area contributed by atoms with Crippen molar-refractivity contribution >= 4 is 23.9 Å². The molecule has 2 rings (SSSR count). The SMILES string of the molecule is COC(=O)C(C/C=C/c1ccccc1)(C/C=C/c1ccccc1)C(C)=O. The summed E-state index contributed by atoms with van der Waals surface area (Å²) in [5.41, 5.74) is 0.843. The topological polar surface area (TPSA) is 43.4 Å². The zero-order valence-corrected chi connectivity index (χ0v) is 15.2. The molecule has 0 fully saturated rings. The molecule has 0 aliphatic carbocycles. The first-order valence-corrected chi connectivity index (χ1v) is 8.61. The van der Waals surface area contributed by atoms with Gasteiger partial charge < -0.3 is 4.74 Å². The number of carbonyl (C=O) groups is 2. The fourth-order valence-corrected chi connectivity index (χ4v) is 2.80. The minimum atomic E-state index is -1.20. The van der Waals surface area contributed by atoms with Crippen molar-refractivity contribution in [1.29, 1.82) is 0 Å². The third-order valence-electron chi connectivity index (χ3n) is 4.40. The van der Waals surface area contributed by atoms with Crippen molar-refractivity contribution in [3.05, 3.63) is 83.9 Å². The maximum Gasteiger partial charge on any atom is 0.319 e. The monoisotopic (exact) mass is 348 g/mol. The molecule has 2 aromatic carbocycles. The first kappa shape index (κ1) is 19.4. The van der Waals surface area contributed by atoms with Crippen LogP contribution in [-0.2, 0) is 14.3 Å². The molecule has 0 aliphatic rings. The normalized spacial score (nSPS) is 11.8. The van der Waals surface area contributed by atoms with Gasteiger partial charge in [-0.3, -0.25) is 9.59 Å². The van der Waals surface area contributed by atoms with E-state index in [1.54, 1.807) is 0 Å². The van der Waals surface area contributed by atoms with Gasteiger partial charge in [-0.1, -0.05) is 85.0 Å². The number of ketones is 1. The standard InChI is InChI=1S/C23H24O3/c1-19(24)23(22(25)26-2,17-9-15-20-11-5-3-6-12-20)18-10-16-21-13-7-4-8-14-21/h3-16H,17-18H2,1-2H3/b15-9+,16-10+. The average molecular weight is 348 g/mol. The van der Waals surface area contributed by atoms with E-state index >= 15 is 0 Å². The summed E-state index contributed by atoms with van der Waals surface area (Å²) in [6.45, 7) is 1.45. The van der Waals surface area contributed by atoms with Gasteiger partial charge in [-0.05, 0) is 30.9 Å². The van der Waals surface area contributed by atoms with E-state index in [4.69, 9.17) is 4.74 Å². The fourth-order valence-electron chi connectivity index (χ4n) is 2.80. The summed E-state index contributed by atoms with van der Waals surface area (Å²) in [6, 6.07) is 19.6. The first-order valence-electron chi connectivity index (χ1n) is 8.61. The molecule has 0 saturated heterocycles. The summed E-state index contributed by atoms with van der Waals surface area (Å²) in [4.78, 5) is 24.8. The lowest BCUT2D eigenvalue weighted by Gasteiger charge is -2.26. The zero-order chi connectivity index (χ0) is 18.8. The lowest BCUT2D eigenvalue weighted by atomic mass is 9.77. The van der Waals surface area contributed by atoms with E-state index in [0.29, 0.717) is 12.8 Å². The molecule has 0 aliphatic heterocycles. The van der Waals surface area contributed by atoms with Crippen LogP contribution in [0.4, 0.5) is 0 Å². The minimum Gasteiger partial charge on any atom is -0.468 e. The lowest BCUT2D eigenvalue weighted by molar-refractivity contribution is -0.157. The van der Waals surface area contributed by atoms with E-state index in [0.717, 1.165) is 11.1 Å². The Morgan fingerprint density at radius 3 is 1.62 bits per heavy atom. The number of methoxy groups -OCH3 is 1. The van der Waals surface area contributed by atoms with E-state index < -0.39 is 11.4 Å². The van der Waals surface area contributed by atoms with Crippen LogP contribution in [0.15, 0.2) is 72.8 Å². The Morgan fingerprint density at radius 1 is 0.846 bits per heavy atom. The van der Waals surface area contributed by atoms with Crippen molar-refractivity contribution in [3.8, 4) is 0 Å². The van der Waals surface area contributed by atoms with Crippen molar-refractivity contribution in [2.45, 2.75) is 19.8 Å². The molecule has 134 valence electrons. The van der Waals surface area contributed by atoms with Crippen molar-refractivity contribution in [3.63, 3.8) is 0 Å². The molecule has 0 saturated carbocycles. The Labute approximate surface area is 155 Å². The molecule has 3 nitrogen and oxygen atoms in total. The highest BCUT2D eigenvalue weighted by atomic mass is 16.5. The van der Waals surface area contributed by atoms with Gasteiger partial charge in [0.15, 0.2) is 0 Å². The van der Waals surface area contributed by atoms with Gasteiger partial charge in [0.1, 0.15) is 11.2 Å². The Morgan fingerprint density at radius 2 is 1.27 bits per heavy atom. The van der Waals surface area contributed by atoms with Crippen LogP contribution in [0.2, 0.25) is 0 Å². The third-order valence-corrected chi connectivity index (χ3v) is 4.40. The Balaban J connectivity index is 2.20. The zero-order valence-electron chi connectivity index (χ0n) is 15.2. The fraction of sp³-hybridized carbons (Fsp3) is 0.217. The number of hydrogen-bond acceptors (Lipinski definition) is 3. The third kappa shape index (κ3) is 5.03. The molecule has 0 N–H and O–H groups in total. The highest BCUT2D eigenvalue weighted by Crippen LogP contribution is 2.32. The average Bonchev–Trinajstić information content (AvgIpc) is 2.67. The molecule has 0 radical (unpaired) electrons. The summed E-state index contributed by atoms with van der Waals surface area (Å²) >= 11 is 0. The number of hydrogen-bond donors (Lipinski definition) is 0. The molecule has 3 heteroatoms. The van der Waals surface area contributed by atoms with Crippen molar-refractivity contribution in [1.82, 2.24) is 0 Å². The largest absolute Gasteiger partial charge is 0.468 e. The van der Waals surface area contributed by atoms with E-state index in [1.807, 2.05) is 85.0 Å². The van der Waals surface area contributed by atoms with Crippen LogP contribution in [0.3, 0.4) is 0 Å². The highest BCUT2D eigenvalue weighted by Gasteiger charge is 2.42. The van der Waals surface area contributed by atoms with Crippen LogP contribution < -0.4 is 0 Å². The number of ether oxygens (including phenoxy) is 1. The van der Waals surface area contributed by atoms with Crippen molar-refractivity contribution < 1.29 is 14.3 Å². The van der Waals surface area contributed by atoms with Crippen molar-refractivity contribution in [2.24, 2.45) is 5.41 Å². The Bertz CT molecular complexity index is 722. The molecule has 0 unspecified atom stereocenters. The van der Waals surface area contributed by atoms with Gasteiger partial charge in [0, 0.05) is 0 Å². The first-order chi connectivity index (χ1) is 12.6. The van der Waals surface area contributed by atoms with Gasteiger partial charge in [-0.25, -0.2) is 0 Å². The number of benzene rings is 2. The molecule has 26 heavy (non-hydrogen) atoms. The molecule has 0 spiro atoms. The van der Waals surface area contributed by atoms with Crippen LogP contribution in [-0.4, -0.2) is 18.9 Å². The summed E-state index contributed by atoms with van der Waals surface area (Å²) in [5.74, 6) is -0.694. The smallest absolute Gasteiger partial charge is 0.319 e. The number of Topliss-reactive ketones (excluding diaryl/α,β-unsaturated/α-hetero) is 1. The maximum atomic E-state index is 12.4. The number of allylic oxidation sites excluding steroid dienone is 2. The molecule has 0 bridgehead atoms. The van der Waals surface area contributed by atoms with Crippen LogP contribution in [0.5, 0.6) is 0 Å². The Hall–Kier alpha value is -2.94. The lowest BCUT2D eigenvalue weighted by Crippen LogP contribution is -2.38. The second kappa shape index (κ2) is 9.52. The highest BCUT2D eigenvalue weighted by molar-refractivity contribution is 6.03. The van der Waals surface area contributed by atoms with Gasteiger partial charge in [0.2, 0.25) is 0 Å². The van der Waals surface area contributed by atoms with E-state index in [-0.39, 0.29) is 5.78 Å².